The van der Waals surface area contributed by atoms with E-state index < -0.39 is 36.2 Å². The maximum atomic E-state index is 9.58. The first-order valence-corrected chi connectivity index (χ1v) is 13.1. The van der Waals surface area contributed by atoms with Crippen LogP contribution in [0.2, 0.25) is 0 Å². The normalized spacial score (nSPS) is 10.2. The number of carboxylic acid groups (broad SMARTS) is 3. The molecule has 0 radical (unpaired) electrons. The first-order valence-electron chi connectivity index (χ1n) is 13.1. The Balaban J connectivity index is -0.000000137. The molecule has 42 heavy (non-hydrogen) atoms. The number of ether oxygens (including phenoxy) is 6. The van der Waals surface area contributed by atoms with E-state index in [-0.39, 0.29) is 0 Å². The molecule has 0 saturated carbocycles. The van der Waals surface area contributed by atoms with Crippen LogP contribution in [0.25, 0.3) is 0 Å². The van der Waals surface area contributed by atoms with Crippen LogP contribution in [0.15, 0.2) is 0 Å². The second kappa shape index (κ2) is 45.7. The third-order valence-corrected chi connectivity index (χ3v) is 4.08. The molecule has 0 aromatic heterocycles. The molecule has 17 heteroatoms. The zero-order valence-corrected chi connectivity index (χ0v) is 26.3. The summed E-state index contributed by atoms with van der Waals surface area (Å²) in [7, 11) is 10.3. The van der Waals surface area contributed by atoms with Crippen molar-refractivity contribution in [3.63, 3.8) is 0 Å². The van der Waals surface area contributed by atoms with E-state index in [1.807, 2.05) is 0 Å². The number of Topliss-reactive ketones (excluding diaryl/α,β-unsaturated/α-hetero) is 1. The van der Waals surface area contributed by atoms with Crippen molar-refractivity contribution in [2.45, 2.75) is 19.4 Å². The molecule has 0 heterocycles. The van der Waals surface area contributed by atoms with Crippen LogP contribution in [0.4, 0.5) is 0 Å². The first kappa shape index (κ1) is 49.4. The number of rotatable bonds is 22. The highest BCUT2D eigenvalue weighted by atomic mass is 16.5. The Hall–Kier alpha value is -2.32. The zero-order valence-electron chi connectivity index (χ0n) is 26.3. The van der Waals surface area contributed by atoms with Crippen molar-refractivity contribution in [3.05, 3.63) is 0 Å². The maximum Gasteiger partial charge on any atom is 0.175 e. The number of methoxy groups -OCH3 is 6. The minimum atomic E-state index is -1.96. The lowest BCUT2D eigenvalue weighted by molar-refractivity contribution is -0.657. The summed E-state index contributed by atoms with van der Waals surface area (Å²) >= 11 is 0. The van der Waals surface area contributed by atoms with Gasteiger partial charge in [0.1, 0.15) is 5.97 Å². The molecule has 0 aromatic carbocycles. The first-order chi connectivity index (χ1) is 19.9. The molecule has 0 aromatic rings. The van der Waals surface area contributed by atoms with E-state index in [1.165, 1.54) is 0 Å². The molecular weight excluding hydrogens is 566 g/mol. The Morgan fingerprint density at radius 2 is 0.786 bits per heavy atom. The number of carboxylic acids is 3. The number of hydrogen-bond acceptors (Lipinski definition) is 14. The number of nitrogens with two attached hydrogens (primary N) is 3. The number of carbonyl (C=O) groups excluding carboxylic acids is 4. The van der Waals surface area contributed by atoms with E-state index in [9.17, 15) is 34.5 Å². The monoisotopic (exact) mass is 621 g/mol. The largest absolute Gasteiger partial charge is 0.550 e. The summed E-state index contributed by atoms with van der Waals surface area (Å²) < 4.78 is 29.1. The van der Waals surface area contributed by atoms with E-state index in [0.717, 1.165) is 85.8 Å². The molecule has 254 valence electrons. The number of hydrogen-bond donors (Lipinski definition) is 4. The van der Waals surface area contributed by atoms with Crippen molar-refractivity contribution >= 4 is 23.7 Å². The number of ketones is 1. The van der Waals surface area contributed by atoms with Gasteiger partial charge < -0.3 is 79.2 Å². The average molecular weight is 622 g/mol. The van der Waals surface area contributed by atoms with Gasteiger partial charge in [0.05, 0.1) is 91.0 Å². The van der Waals surface area contributed by atoms with Crippen LogP contribution >= 0.6 is 0 Å². The third kappa shape index (κ3) is 66.2. The molecular formula is C25H55N3O14. The standard InChI is InChI=1S/3C6H15NO2.C4H6O5.C3H4O3/c3*1-8-5-3-7-4-6-9-2;5-2(4(8)9)1-3(6)7;1-2(4)3(5)6/h3*7H,3-6H2,1-2H3;2,5H,1H2,(H,6,7)(H,8,9);1H3,(H,5,6). The van der Waals surface area contributed by atoms with Crippen LogP contribution in [-0.2, 0) is 47.6 Å². The van der Waals surface area contributed by atoms with Crippen molar-refractivity contribution < 1.29 is 84.0 Å². The lowest BCUT2D eigenvalue weighted by Crippen LogP contribution is -2.86. The van der Waals surface area contributed by atoms with Crippen LogP contribution in [0.3, 0.4) is 0 Å². The molecule has 0 aliphatic carbocycles. The number of aliphatic carboxylic acids is 3. The van der Waals surface area contributed by atoms with Crippen LogP contribution in [0.1, 0.15) is 13.3 Å². The van der Waals surface area contributed by atoms with Gasteiger partial charge in [0, 0.05) is 62.0 Å². The van der Waals surface area contributed by atoms with E-state index in [4.69, 9.17) is 33.5 Å². The van der Waals surface area contributed by atoms with Gasteiger partial charge >= 0.3 is 0 Å². The highest BCUT2D eigenvalue weighted by molar-refractivity contribution is 6.30. The molecule has 1 atom stereocenters. The third-order valence-electron chi connectivity index (χ3n) is 4.08. The van der Waals surface area contributed by atoms with Crippen molar-refractivity contribution in [1.82, 2.24) is 0 Å². The molecule has 7 N–H and O–H groups in total. The number of carbonyl (C=O) groups is 4. The summed E-state index contributed by atoms with van der Waals surface area (Å²) in [6.07, 6.45) is -2.89. The Morgan fingerprint density at radius 1 is 0.571 bits per heavy atom. The van der Waals surface area contributed by atoms with Gasteiger partial charge in [-0.2, -0.15) is 0 Å². The van der Waals surface area contributed by atoms with Crippen molar-refractivity contribution in [3.8, 4) is 0 Å². The quantitative estimate of drug-likeness (QED) is 0.0646. The Labute approximate surface area is 249 Å². The van der Waals surface area contributed by atoms with Gasteiger partial charge in [0.15, 0.2) is 5.78 Å². The van der Waals surface area contributed by atoms with Crippen molar-refractivity contribution in [2.75, 3.05) is 122 Å². The Morgan fingerprint density at radius 3 is 0.881 bits per heavy atom. The molecule has 0 rings (SSSR count). The van der Waals surface area contributed by atoms with Gasteiger partial charge in [-0.05, 0) is 0 Å². The van der Waals surface area contributed by atoms with Gasteiger partial charge in [0.25, 0.3) is 0 Å². The minimum Gasteiger partial charge on any atom is -0.550 e. The molecule has 0 spiro atoms. The number of quaternary nitrogens is 3. The van der Waals surface area contributed by atoms with E-state index in [2.05, 4.69) is 16.0 Å². The SMILES string of the molecule is CC(=O)C(=O)[O-].COCC[NH2+]CCOC.COCC[NH2+]CCOC.COCC[NH2+]CCOC.O=C([O-])CC(O)C(=O)[O-]. The highest BCUT2D eigenvalue weighted by Crippen LogP contribution is 1.85. The fourth-order valence-electron chi connectivity index (χ4n) is 1.88. The summed E-state index contributed by atoms with van der Waals surface area (Å²) in [5, 5.41) is 43.1. The Bertz CT molecular complexity index is 523. The number of aliphatic hydroxyl groups excluding tert-OH is 1. The molecule has 0 saturated heterocycles. The van der Waals surface area contributed by atoms with Crippen LogP contribution in [0.5, 0.6) is 0 Å². The smallest absolute Gasteiger partial charge is 0.175 e. The van der Waals surface area contributed by atoms with Gasteiger partial charge in [-0.15, -0.1) is 0 Å². The lowest BCUT2D eigenvalue weighted by atomic mass is 10.3. The second-order valence-electron chi connectivity index (χ2n) is 7.81. The zero-order chi connectivity index (χ0) is 33.4. The summed E-state index contributed by atoms with van der Waals surface area (Å²) in [6.45, 7) is 12.0. The van der Waals surface area contributed by atoms with Crippen molar-refractivity contribution in [2.24, 2.45) is 0 Å². The number of aliphatic hydroxyl groups is 1. The fraction of sp³-hybridized carbons (Fsp3) is 0.840. The summed E-state index contributed by atoms with van der Waals surface area (Å²) in [5.41, 5.74) is 0. The summed E-state index contributed by atoms with van der Waals surface area (Å²) in [4.78, 5) is 37.9. The molecule has 1 unspecified atom stereocenters. The predicted molar refractivity (Wildman–Crippen MR) is 143 cm³/mol. The minimum absolute atomic E-state index is 0.823. The summed E-state index contributed by atoms with van der Waals surface area (Å²) in [5.74, 6) is -5.99. The van der Waals surface area contributed by atoms with E-state index >= 15 is 0 Å². The molecule has 0 aliphatic rings. The van der Waals surface area contributed by atoms with Crippen molar-refractivity contribution in [1.29, 1.82) is 0 Å². The topological polar surface area (TPSA) is 263 Å². The fourth-order valence-corrected chi connectivity index (χ4v) is 1.88. The van der Waals surface area contributed by atoms with Crippen LogP contribution in [-0.4, -0.2) is 156 Å². The molecule has 0 bridgehead atoms. The van der Waals surface area contributed by atoms with Crippen LogP contribution in [0, 0.1) is 0 Å². The van der Waals surface area contributed by atoms with E-state index in [1.54, 1.807) is 42.7 Å². The van der Waals surface area contributed by atoms with Gasteiger partial charge in [-0.3, -0.25) is 4.79 Å². The van der Waals surface area contributed by atoms with Gasteiger partial charge in [-0.25, -0.2) is 0 Å². The Kier molecular flexibility index (Phi) is 53.7. The van der Waals surface area contributed by atoms with Crippen LogP contribution < -0.4 is 31.3 Å². The van der Waals surface area contributed by atoms with Gasteiger partial charge in [0.2, 0.25) is 0 Å². The maximum absolute atomic E-state index is 9.58. The average Bonchev–Trinajstić information content (AvgIpc) is 2.94. The lowest BCUT2D eigenvalue weighted by Gasteiger charge is -2.10. The highest BCUT2D eigenvalue weighted by Gasteiger charge is 2.03. The van der Waals surface area contributed by atoms with Gasteiger partial charge in [-0.1, -0.05) is 0 Å². The second-order valence-corrected chi connectivity index (χ2v) is 7.81. The molecule has 0 amide bonds. The molecule has 17 nitrogen and oxygen atoms in total. The summed E-state index contributed by atoms with van der Waals surface area (Å²) in [6, 6.07) is 0. The predicted octanol–water partition coefficient (Wildman–Crippen LogP) is -8.91. The van der Waals surface area contributed by atoms with E-state index in [0.29, 0.717) is 0 Å². The molecule has 0 fully saturated rings. The molecule has 0 aliphatic heterocycles.